The van der Waals surface area contributed by atoms with Crippen molar-refractivity contribution in [3.05, 3.63) is 35.9 Å². The van der Waals surface area contributed by atoms with Crippen molar-refractivity contribution in [3.8, 4) is 0 Å². The monoisotopic (exact) mass is 344 g/mol. The number of hydrogen-bond donors (Lipinski definition) is 1. The first-order valence-electron chi connectivity index (χ1n) is 9.49. The average molecular weight is 344 g/mol. The number of nitrogens with zero attached hydrogens (tertiary/aromatic N) is 2. The molecule has 1 aromatic rings. The van der Waals surface area contributed by atoms with Crippen molar-refractivity contribution >= 4 is 5.91 Å². The lowest BCUT2D eigenvalue weighted by atomic mass is 9.94. The van der Waals surface area contributed by atoms with Gasteiger partial charge in [-0.25, -0.2) is 0 Å². The topological polar surface area (TPSA) is 53.0 Å². The van der Waals surface area contributed by atoms with E-state index in [1.165, 1.54) is 0 Å². The van der Waals surface area contributed by atoms with Gasteiger partial charge in [-0.15, -0.1) is 0 Å². The van der Waals surface area contributed by atoms with E-state index in [9.17, 15) is 9.90 Å². The van der Waals surface area contributed by atoms with Crippen molar-refractivity contribution in [2.24, 2.45) is 11.8 Å². The van der Waals surface area contributed by atoms with E-state index in [0.29, 0.717) is 12.5 Å². The number of amides is 1. The molecule has 5 heteroatoms. The van der Waals surface area contributed by atoms with Gasteiger partial charge in [0.25, 0.3) is 0 Å². The molecule has 3 fully saturated rings. The molecule has 0 radical (unpaired) electrons. The molecule has 0 bridgehead atoms. The van der Waals surface area contributed by atoms with E-state index < -0.39 is 0 Å². The summed E-state index contributed by atoms with van der Waals surface area (Å²) in [6.07, 6.45) is 1.90. The largest absolute Gasteiger partial charge is 0.396 e. The summed E-state index contributed by atoms with van der Waals surface area (Å²) in [6.45, 7) is 6.07. The third-order valence-corrected chi connectivity index (χ3v) is 6.18. The number of carbonyl (C=O) groups is 1. The smallest absolute Gasteiger partial charge is 0.233 e. The van der Waals surface area contributed by atoms with Gasteiger partial charge in [0.05, 0.1) is 18.6 Å². The molecule has 5 nitrogen and oxygen atoms in total. The second-order valence-corrected chi connectivity index (χ2v) is 7.77. The molecule has 2 atom stereocenters. The fraction of sp³-hybridized carbons (Fsp3) is 0.650. The minimum absolute atomic E-state index is 0.164. The van der Waals surface area contributed by atoms with E-state index in [1.54, 1.807) is 0 Å². The second-order valence-electron chi connectivity index (χ2n) is 7.77. The highest BCUT2D eigenvalue weighted by Gasteiger charge is 2.54. The number of ether oxygens (including phenoxy) is 1. The molecule has 1 aliphatic carbocycles. The van der Waals surface area contributed by atoms with Crippen LogP contribution in [0.15, 0.2) is 30.3 Å². The highest BCUT2D eigenvalue weighted by molar-refractivity contribution is 5.91. The highest BCUT2D eigenvalue weighted by Crippen LogP contribution is 2.50. The first kappa shape index (κ1) is 17.0. The molecule has 1 aromatic carbocycles. The van der Waals surface area contributed by atoms with Crippen LogP contribution < -0.4 is 0 Å². The normalized spacial score (nSPS) is 28.9. The Labute approximate surface area is 149 Å². The Morgan fingerprint density at radius 3 is 2.44 bits per heavy atom. The van der Waals surface area contributed by atoms with Crippen LogP contribution in [0.25, 0.3) is 0 Å². The second kappa shape index (κ2) is 7.06. The van der Waals surface area contributed by atoms with Gasteiger partial charge < -0.3 is 14.7 Å². The molecule has 1 amide bonds. The van der Waals surface area contributed by atoms with Crippen molar-refractivity contribution in [2.75, 3.05) is 52.5 Å². The maximum atomic E-state index is 13.2. The Hall–Kier alpha value is -1.43. The van der Waals surface area contributed by atoms with Crippen molar-refractivity contribution in [2.45, 2.75) is 18.3 Å². The summed E-state index contributed by atoms with van der Waals surface area (Å²) < 4.78 is 5.42. The van der Waals surface area contributed by atoms with Gasteiger partial charge in [-0.05, 0) is 24.3 Å². The van der Waals surface area contributed by atoms with Gasteiger partial charge in [0.1, 0.15) is 0 Å². The van der Waals surface area contributed by atoms with Gasteiger partial charge in [-0.2, -0.15) is 0 Å². The van der Waals surface area contributed by atoms with Crippen LogP contribution in [0, 0.1) is 11.8 Å². The molecule has 136 valence electrons. The number of hydrogen-bond acceptors (Lipinski definition) is 4. The van der Waals surface area contributed by atoms with Gasteiger partial charge in [-0.3, -0.25) is 9.69 Å². The Morgan fingerprint density at radius 2 is 1.80 bits per heavy atom. The minimum atomic E-state index is -0.297. The Morgan fingerprint density at radius 1 is 1.12 bits per heavy atom. The SMILES string of the molecule is O=C(N1C[C@@H](CN2CCOCC2)[C@@H](CO)C1)C1(c2ccccc2)CC1. The van der Waals surface area contributed by atoms with Gasteiger partial charge in [0.2, 0.25) is 5.91 Å². The molecule has 2 aliphatic heterocycles. The summed E-state index contributed by atoms with van der Waals surface area (Å²) in [4.78, 5) is 17.7. The Kier molecular flexibility index (Phi) is 4.80. The lowest BCUT2D eigenvalue weighted by Gasteiger charge is -2.30. The van der Waals surface area contributed by atoms with Crippen LogP contribution in [-0.4, -0.2) is 73.4 Å². The van der Waals surface area contributed by atoms with Crippen LogP contribution in [0.5, 0.6) is 0 Å². The predicted octanol–water partition coefficient (Wildman–Crippen LogP) is 1.12. The third-order valence-electron chi connectivity index (χ3n) is 6.18. The number of morpholine rings is 1. The van der Waals surface area contributed by atoms with Gasteiger partial charge in [0, 0.05) is 45.2 Å². The average Bonchev–Trinajstić information content (AvgIpc) is 3.38. The number of aliphatic hydroxyl groups is 1. The fourth-order valence-corrected chi connectivity index (χ4v) is 4.44. The van der Waals surface area contributed by atoms with E-state index in [2.05, 4.69) is 17.0 Å². The van der Waals surface area contributed by atoms with Gasteiger partial charge >= 0.3 is 0 Å². The minimum Gasteiger partial charge on any atom is -0.396 e. The van der Waals surface area contributed by atoms with Crippen LogP contribution in [-0.2, 0) is 14.9 Å². The van der Waals surface area contributed by atoms with Gasteiger partial charge in [-0.1, -0.05) is 30.3 Å². The van der Waals surface area contributed by atoms with Crippen LogP contribution in [0.1, 0.15) is 18.4 Å². The van der Waals surface area contributed by atoms with E-state index >= 15 is 0 Å². The maximum Gasteiger partial charge on any atom is 0.233 e. The molecule has 0 spiro atoms. The molecule has 0 unspecified atom stereocenters. The lowest BCUT2D eigenvalue weighted by Crippen LogP contribution is -2.42. The van der Waals surface area contributed by atoms with Crippen molar-refractivity contribution in [3.63, 3.8) is 0 Å². The van der Waals surface area contributed by atoms with Crippen LogP contribution in [0.3, 0.4) is 0 Å². The highest BCUT2D eigenvalue weighted by atomic mass is 16.5. The number of likely N-dealkylation sites (tertiary alicyclic amines) is 1. The zero-order chi connectivity index (χ0) is 17.3. The Bertz CT molecular complexity index is 596. The molecule has 3 aliphatic rings. The lowest BCUT2D eigenvalue weighted by molar-refractivity contribution is -0.133. The van der Waals surface area contributed by atoms with Crippen LogP contribution in [0.4, 0.5) is 0 Å². The van der Waals surface area contributed by atoms with Gasteiger partial charge in [0.15, 0.2) is 0 Å². The zero-order valence-corrected chi connectivity index (χ0v) is 14.8. The number of rotatable bonds is 5. The molecule has 1 saturated carbocycles. The van der Waals surface area contributed by atoms with Crippen molar-refractivity contribution in [1.82, 2.24) is 9.80 Å². The van der Waals surface area contributed by atoms with E-state index in [0.717, 1.165) is 57.8 Å². The maximum absolute atomic E-state index is 13.2. The molecule has 1 N–H and O–H groups in total. The van der Waals surface area contributed by atoms with Crippen molar-refractivity contribution < 1.29 is 14.6 Å². The zero-order valence-electron chi connectivity index (χ0n) is 14.8. The van der Waals surface area contributed by atoms with Crippen LogP contribution in [0.2, 0.25) is 0 Å². The summed E-state index contributed by atoms with van der Waals surface area (Å²) in [6, 6.07) is 10.2. The van der Waals surface area contributed by atoms with Crippen molar-refractivity contribution in [1.29, 1.82) is 0 Å². The van der Waals surface area contributed by atoms with E-state index in [1.807, 2.05) is 23.1 Å². The first-order valence-corrected chi connectivity index (χ1v) is 9.49. The quantitative estimate of drug-likeness (QED) is 0.870. The Balaban J connectivity index is 1.43. The predicted molar refractivity (Wildman–Crippen MR) is 95.3 cm³/mol. The van der Waals surface area contributed by atoms with E-state index in [4.69, 9.17) is 4.74 Å². The standard InChI is InChI=1S/C20H28N2O3/c23-15-17-14-22(13-16(17)12-21-8-10-25-11-9-21)19(24)20(6-7-20)18-4-2-1-3-5-18/h1-5,16-17,23H,6-15H2/t16-,17-/m1/s1. The molecule has 4 rings (SSSR count). The summed E-state index contributed by atoms with van der Waals surface area (Å²) in [7, 11) is 0. The molecule has 25 heavy (non-hydrogen) atoms. The summed E-state index contributed by atoms with van der Waals surface area (Å²) in [5.41, 5.74) is 0.854. The number of benzene rings is 1. The molecule has 2 heterocycles. The molecule has 0 aromatic heterocycles. The first-order chi connectivity index (χ1) is 12.2. The molecular weight excluding hydrogens is 316 g/mol. The summed E-state index contributed by atoms with van der Waals surface area (Å²) in [5.74, 6) is 0.818. The number of carbonyl (C=O) groups excluding carboxylic acids is 1. The fourth-order valence-electron chi connectivity index (χ4n) is 4.44. The summed E-state index contributed by atoms with van der Waals surface area (Å²) >= 11 is 0. The van der Waals surface area contributed by atoms with Crippen LogP contribution >= 0.6 is 0 Å². The molecular formula is C20H28N2O3. The summed E-state index contributed by atoms with van der Waals surface area (Å²) in [5, 5.41) is 9.82. The molecule has 2 saturated heterocycles. The number of aliphatic hydroxyl groups excluding tert-OH is 1. The van der Waals surface area contributed by atoms with E-state index in [-0.39, 0.29) is 23.8 Å². The third kappa shape index (κ3) is 3.33.